The lowest BCUT2D eigenvalue weighted by molar-refractivity contribution is -0.384. The third kappa shape index (κ3) is 2.75. The number of hydrogen-bond acceptors (Lipinski definition) is 3. The van der Waals surface area contributed by atoms with E-state index in [2.05, 4.69) is 0 Å². The summed E-state index contributed by atoms with van der Waals surface area (Å²) >= 11 is 5.64. The summed E-state index contributed by atoms with van der Waals surface area (Å²) in [5.74, 6) is 0. The molecule has 6 heteroatoms. The van der Waals surface area contributed by atoms with Crippen molar-refractivity contribution in [2.24, 2.45) is 0 Å². The molecule has 0 unspecified atom stereocenters. The highest BCUT2D eigenvalue weighted by Gasteiger charge is 2.12. The number of nitrogens with zero attached hydrogens (tertiary/aromatic N) is 2. The van der Waals surface area contributed by atoms with E-state index in [1.165, 1.54) is 12.1 Å². The van der Waals surface area contributed by atoms with Crippen LogP contribution in [-0.4, -0.2) is 19.0 Å². The summed E-state index contributed by atoms with van der Waals surface area (Å²) in [6, 6.07) is 4.70. The molecule has 0 aliphatic carbocycles. The van der Waals surface area contributed by atoms with Gasteiger partial charge >= 0.3 is 0 Å². The highest BCUT2D eigenvalue weighted by Crippen LogP contribution is 2.28. The molecular weight excluding hydrogens is 227 g/mol. The van der Waals surface area contributed by atoms with Crippen LogP contribution in [0, 0.1) is 10.1 Å². The second kappa shape index (κ2) is 5.02. The summed E-state index contributed by atoms with van der Waals surface area (Å²) < 4.78 is 0. The third-order valence-electron chi connectivity index (χ3n) is 1.64. The van der Waals surface area contributed by atoms with Gasteiger partial charge in [-0.2, -0.15) is 0 Å². The average Bonchev–Trinajstić information content (AvgIpc) is 2.04. The summed E-state index contributed by atoms with van der Waals surface area (Å²) in [5, 5.41) is 10.7. The van der Waals surface area contributed by atoms with Crippen LogP contribution in [0.1, 0.15) is 0 Å². The van der Waals surface area contributed by atoms with Crippen LogP contribution in [0.5, 0.6) is 0 Å². The molecule has 0 fully saturated rings. The van der Waals surface area contributed by atoms with Crippen molar-refractivity contribution in [3.63, 3.8) is 0 Å². The number of hydrogen-bond donors (Lipinski definition) is 0. The molecule has 1 aromatic rings. The zero-order valence-corrected chi connectivity index (χ0v) is 9.30. The van der Waals surface area contributed by atoms with Crippen LogP contribution in [0.2, 0.25) is 5.02 Å². The van der Waals surface area contributed by atoms with Crippen molar-refractivity contribution in [3.8, 4) is 0 Å². The first-order valence-corrected chi connectivity index (χ1v) is 4.01. The second-order valence-corrected chi connectivity index (χ2v) is 3.19. The quantitative estimate of drug-likeness (QED) is 0.586. The highest BCUT2D eigenvalue weighted by atomic mass is 35.5. The molecular formula is C8H10Cl2N2O2. The van der Waals surface area contributed by atoms with Crippen LogP contribution < -0.4 is 4.90 Å². The Labute approximate surface area is 93.0 Å². The van der Waals surface area contributed by atoms with E-state index in [0.29, 0.717) is 0 Å². The van der Waals surface area contributed by atoms with Gasteiger partial charge in [-0.05, 0) is 12.1 Å². The van der Waals surface area contributed by atoms with Crippen molar-refractivity contribution in [1.29, 1.82) is 0 Å². The van der Waals surface area contributed by atoms with Crippen LogP contribution in [0.25, 0.3) is 0 Å². The van der Waals surface area contributed by atoms with Crippen molar-refractivity contribution in [2.75, 3.05) is 19.0 Å². The SMILES string of the molecule is CN(C)c1ccc(Cl)c([N+](=O)[O-])c1.Cl. The van der Waals surface area contributed by atoms with E-state index in [9.17, 15) is 10.1 Å². The lowest BCUT2D eigenvalue weighted by Crippen LogP contribution is -2.08. The van der Waals surface area contributed by atoms with E-state index < -0.39 is 4.92 Å². The molecule has 0 N–H and O–H groups in total. The number of halogens is 2. The summed E-state index contributed by atoms with van der Waals surface area (Å²) in [6.07, 6.45) is 0. The van der Waals surface area contributed by atoms with Crippen molar-refractivity contribution < 1.29 is 4.92 Å². The van der Waals surface area contributed by atoms with Gasteiger partial charge in [0.1, 0.15) is 5.02 Å². The molecule has 14 heavy (non-hydrogen) atoms. The lowest BCUT2D eigenvalue weighted by Gasteiger charge is -2.11. The minimum Gasteiger partial charge on any atom is -0.377 e. The standard InChI is InChI=1S/C8H9ClN2O2.ClH/c1-10(2)6-3-4-7(9)8(5-6)11(12)13;/h3-5H,1-2H3;1H. The predicted molar refractivity (Wildman–Crippen MR) is 59.7 cm³/mol. The van der Waals surface area contributed by atoms with Crippen LogP contribution in [0.15, 0.2) is 18.2 Å². The first-order valence-electron chi connectivity index (χ1n) is 3.63. The molecule has 78 valence electrons. The minimum absolute atomic E-state index is 0. The first kappa shape index (κ1) is 13.0. The topological polar surface area (TPSA) is 46.4 Å². The second-order valence-electron chi connectivity index (χ2n) is 2.79. The number of benzene rings is 1. The van der Waals surface area contributed by atoms with Gasteiger partial charge in [0.15, 0.2) is 0 Å². The van der Waals surface area contributed by atoms with Crippen molar-refractivity contribution >= 4 is 35.4 Å². The summed E-state index contributed by atoms with van der Waals surface area (Å²) in [6.45, 7) is 0. The van der Waals surface area contributed by atoms with Gasteiger partial charge in [-0.25, -0.2) is 0 Å². The fraction of sp³-hybridized carbons (Fsp3) is 0.250. The van der Waals surface area contributed by atoms with Crippen molar-refractivity contribution in [3.05, 3.63) is 33.3 Å². The Morgan fingerprint density at radius 3 is 2.43 bits per heavy atom. The molecule has 0 aliphatic rings. The Bertz CT molecular complexity index is 342. The Morgan fingerprint density at radius 2 is 2.00 bits per heavy atom. The maximum Gasteiger partial charge on any atom is 0.289 e. The summed E-state index contributed by atoms with van der Waals surface area (Å²) in [4.78, 5) is 11.8. The largest absolute Gasteiger partial charge is 0.377 e. The molecule has 0 saturated heterocycles. The van der Waals surface area contributed by atoms with Gasteiger partial charge in [0.2, 0.25) is 0 Å². The van der Waals surface area contributed by atoms with Crippen LogP contribution in [-0.2, 0) is 0 Å². The molecule has 0 radical (unpaired) electrons. The summed E-state index contributed by atoms with van der Waals surface area (Å²) in [7, 11) is 3.62. The number of nitro benzene ring substituents is 1. The van der Waals surface area contributed by atoms with E-state index in [4.69, 9.17) is 11.6 Å². The molecule has 0 heterocycles. The zero-order chi connectivity index (χ0) is 10.0. The number of anilines is 1. The Balaban J connectivity index is 0.00000169. The van der Waals surface area contributed by atoms with Gasteiger partial charge in [0.05, 0.1) is 4.92 Å². The van der Waals surface area contributed by atoms with Crippen LogP contribution in [0.4, 0.5) is 11.4 Å². The molecule has 1 rings (SSSR count). The molecule has 0 amide bonds. The monoisotopic (exact) mass is 236 g/mol. The molecule has 0 saturated carbocycles. The van der Waals surface area contributed by atoms with Gasteiger partial charge in [-0.1, -0.05) is 11.6 Å². The van der Waals surface area contributed by atoms with Gasteiger partial charge in [0, 0.05) is 25.8 Å². The molecule has 4 nitrogen and oxygen atoms in total. The minimum atomic E-state index is -0.491. The van der Waals surface area contributed by atoms with Crippen molar-refractivity contribution in [2.45, 2.75) is 0 Å². The zero-order valence-electron chi connectivity index (χ0n) is 7.73. The van der Waals surface area contributed by atoms with E-state index in [1.807, 2.05) is 14.1 Å². The van der Waals surface area contributed by atoms with E-state index in [0.717, 1.165) is 5.69 Å². The fourth-order valence-electron chi connectivity index (χ4n) is 0.919. The van der Waals surface area contributed by atoms with Crippen LogP contribution in [0.3, 0.4) is 0 Å². The lowest BCUT2D eigenvalue weighted by atomic mass is 10.2. The van der Waals surface area contributed by atoms with E-state index in [-0.39, 0.29) is 23.1 Å². The number of rotatable bonds is 2. The molecule has 0 aromatic heterocycles. The smallest absolute Gasteiger partial charge is 0.289 e. The van der Waals surface area contributed by atoms with Crippen LogP contribution >= 0.6 is 24.0 Å². The summed E-state index contributed by atoms with van der Waals surface area (Å²) in [5.41, 5.74) is 0.698. The van der Waals surface area contributed by atoms with E-state index in [1.54, 1.807) is 11.0 Å². The molecule has 1 aromatic carbocycles. The Morgan fingerprint density at radius 1 is 1.43 bits per heavy atom. The van der Waals surface area contributed by atoms with Gasteiger partial charge in [-0.15, -0.1) is 12.4 Å². The molecule has 0 atom stereocenters. The normalized spacial score (nSPS) is 9.07. The first-order chi connectivity index (χ1) is 6.02. The fourth-order valence-corrected chi connectivity index (χ4v) is 1.11. The van der Waals surface area contributed by atoms with Gasteiger partial charge < -0.3 is 4.90 Å². The average molecular weight is 237 g/mol. The van der Waals surface area contributed by atoms with E-state index >= 15 is 0 Å². The van der Waals surface area contributed by atoms with Gasteiger partial charge in [0.25, 0.3) is 5.69 Å². The van der Waals surface area contributed by atoms with Crippen molar-refractivity contribution in [1.82, 2.24) is 0 Å². The maximum atomic E-state index is 10.5. The highest BCUT2D eigenvalue weighted by molar-refractivity contribution is 6.32. The molecule has 0 bridgehead atoms. The Hall–Kier alpha value is -1.00. The number of nitro groups is 1. The third-order valence-corrected chi connectivity index (χ3v) is 1.96. The van der Waals surface area contributed by atoms with Gasteiger partial charge in [-0.3, -0.25) is 10.1 Å². The maximum absolute atomic E-state index is 10.5. The Kier molecular flexibility index (Phi) is 4.67. The molecule has 0 spiro atoms. The predicted octanol–water partition coefficient (Wildman–Crippen LogP) is 2.74. The molecule has 0 aliphatic heterocycles.